The molecule has 1 aliphatic rings. The van der Waals surface area contributed by atoms with Crippen LogP contribution in [0.3, 0.4) is 0 Å². The van der Waals surface area contributed by atoms with E-state index in [4.69, 9.17) is 9.26 Å². The highest BCUT2D eigenvalue weighted by Gasteiger charge is 2.31. The number of hydrogen-bond acceptors (Lipinski definition) is 7. The minimum absolute atomic E-state index is 0.0195. The van der Waals surface area contributed by atoms with Crippen LogP contribution in [0, 0.1) is 0 Å². The molecule has 1 aliphatic heterocycles. The molecule has 0 aliphatic carbocycles. The lowest BCUT2D eigenvalue weighted by atomic mass is 10.0. The molecule has 2 aromatic heterocycles. The lowest BCUT2D eigenvalue weighted by Gasteiger charge is -2.33. The largest absolute Gasteiger partial charge is 0.484 e. The average molecular weight is 416 g/mol. The van der Waals surface area contributed by atoms with Crippen LogP contribution in [0.2, 0.25) is 0 Å². The third-order valence-corrected chi connectivity index (χ3v) is 6.37. The number of rotatable bonds is 6. The Morgan fingerprint density at radius 2 is 2.29 bits per heavy atom. The molecule has 3 heterocycles. The molecule has 28 heavy (non-hydrogen) atoms. The van der Waals surface area contributed by atoms with E-state index >= 15 is 0 Å². The summed E-state index contributed by atoms with van der Waals surface area (Å²) >= 11 is 3.21. The first-order valence-corrected chi connectivity index (χ1v) is 11.3. The summed E-state index contributed by atoms with van der Waals surface area (Å²) in [6.45, 7) is 0.941. The van der Waals surface area contributed by atoms with Crippen LogP contribution in [-0.2, 0) is 6.61 Å². The molecule has 1 amide bonds. The van der Waals surface area contributed by atoms with Crippen LogP contribution >= 0.6 is 23.1 Å². The van der Waals surface area contributed by atoms with E-state index in [1.807, 2.05) is 40.8 Å². The maximum atomic E-state index is 13.0. The van der Waals surface area contributed by atoms with E-state index in [-0.39, 0.29) is 18.6 Å². The fourth-order valence-electron chi connectivity index (χ4n) is 3.35. The Morgan fingerprint density at radius 1 is 1.39 bits per heavy atom. The minimum atomic E-state index is -0.112. The molecule has 0 bridgehead atoms. The summed E-state index contributed by atoms with van der Waals surface area (Å²) < 4.78 is 11.2. The quantitative estimate of drug-likeness (QED) is 0.539. The molecular formula is C20H21N3O3S2. The summed E-state index contributed by atoms with van der Waals surface area (Å²) in [6, 6.07) is 9.52. The van der Waals surface area contributed by atoms with Crippen molar-refractivity contribution in [2.45, 2.75) is 36.8 Å². The molecule has 4 rings (SSSR count). The number of piperidine rings is 1. The number of thiazole rings is 1. The lowest BCUT2D eigenvalue weighted by Crippen LogP contribution is -2.38. The highest BCUT2D eigenvalue weighted by molar-refractivity contribution is 7.98. The summed E-state index contributed by atoms with van der Waals surface area (Å²) in [5, 5.41) is 6.92. The van der Waals surface area contributed by atoms with Gasteiger partial charge in [-0.15, -0.1) is 23.1 Å². The zero-order valence-electron chi connectivity index (χ0n) is 15.5. The van der Waals surface area contributed by atoms with Crippen molar-refractivity contribution in [1.29, 1.82) is 0 Å². The summed E-state index contributed by atoms with van der Waals surface area (Å²) in [5.41, 5.74) is 0.320. The third kappa shape index (κ3) is 4.07. The fourth-order valence-corrected chi connectivity index (χ4v) is 4.67. The molecule has 1 atom stereocenters. The number of para-hydroxylation sites is 1. The SMILES string of the molecule is CSc1ccccc1OCc1cc(C(=O)N2CCCC[C@H]2c2nccs2)no1. The van der Waals surface area contributed by atoms with Crippen molar-refractivity contribution >= 4 is 29.0 Å². The Morgan fingerprint density at radius 3 is 3.11 bits per heavy atom. The van der Waals surface area contributed by atoms with Gasteiger partial charge in [0, 0.05) is 29.1 Å². The van der Waals surface area contributed by atoms with Crippen LogP contribution in [0.4, 0.5) is 0 Å². The summed E-state index contributed by atoms with van der Waals surface area (Å²) in [7, 11) is 0. The first kappa shape index (κ1) is 19.0. The molecule has 1 saturated heterocycles. The predicted octanol–water partition coefficient (Wildman–Crippen LogP) is 4.80. The van der Waals surface area contributed by atoms with Gasteiger partial charge in [-0.05, 0) is 37.7 Å². The molecule has 6 nitrogen and oxygen atoms in total. The number of benzene rings is 1. The number of nitrogens with zero attached hydrogens (tertiary/aromatic N) is 3. The number of hydrogen-bond donors (Lipinski definition) is 0. The second-order valence-electron chi connectivity index (χ2n) is 6.50. The molecule has 1 aromatic carbocycles. The van der Waals surface area contributed by atoms with Crippen molar-refractivity contribution in [3.05, 3.63) is 58.4 Å². The molecular weight excluding hydrogens is 394 g/mol. The molecule has 3 aromatic rings. The van der Waals surface area contributed by atoms with Crippen LogP contribution < -0.4 is 4.74 Å². The second-order valence-corrected chi connectivity index (χ2v) is 8.27. The van der Waals surface area contributed by atoms with Crippen molar-refractivity contribution < 1.29 is 14.1 Å². The van der Waals surface area contributed by atoms with E-state index in [1.165, 1.54) is 0 Å². The Kier molecular flexibility index (Phi) is 5.97. The molecule has 8 heteroatoms. The maximum absolute atomic E-state index is 13.0. The van der Waals surface area contributed by atoms with Crippen LogP contribution in [0.5, 0.6) is 5.75 Å². The molecule has 0 spiro atoms. The molecule has 0 saturated carbocycles. The Hall–Kier alpha value is -2.32. The fraction of sp³-hybridized carbons (Fsp3) is 0.350. The normalized spacial score (nSPS) is 16.9. The van der Waals surface area contributed by atoms with Gasteiger partial charge < -0.3 is 14.2 Å². The average Bonchev–Trinajstić information content (AvgIpc) is 3.44. The van der Waals surface area contributed by atoms with Gasteiger partial charge in [-0.1, -0.05) is 17.3 Å². The summed E-state index contributed by atoms with van der Waals surface area (Å²) in [4.78, 5) is 20.4. The Labute approximate surface area is 171 Å². The van der Waals surface area contributed by atoms with E-state index in [0.717, 1.165) is 34.9 Å². The topological polar surface area (TPSA) is 68.5 Å². The number of thioether (sulfide) groups is 1. The third-order valence-electron chi connectivity index (χ3n) is 4.72. The smallest absolute Gasteiger partial charge is 0.276 e. The molecule has 0 N–H and O–H groups in total. The van der Waals surface area contributed by atoms with E-state index in [0.29, 0.717) is 18.0 Å². The van der Waals surface area contributed by atoms with Gasteiger partial charge in [0.1, 0.15) is 17.4 Å². The first-order chi connectivity index (χ1) is 13.8. The Bertz CT molecular complexity index is 926. The lowest BCUT2D eigenvalue weighted by molar-refractivity contribution is 0.0600. The predicted molar refractivity (Wildman–Crippen MR) is 109 cm³/mol. The standard InChI is InChI=1S/C20H21N3O3S2/c1-27-18-8-3-2-7-17(18)25-13-14-12-15(22-26-14)20(24)23-10-5-4-6-16(23)19-21-9-11-28-19/h2-3,7-9,11-12,16H,4-6,10,13H2,1H3/t16-/m0/s1. The van der Waals surface area contributed by atoms with Crippen molar-refractivity contribution in [3.63, 3.8) is 0 Å². The van der Waals surface area contributed by atoms with Crippen molar-refractivity contribution in [3.8, 4) is 5.75 Å². The zero-order chi connectivity index (χ0) is 19.3. The van der Waals surface area contributed by atoms with Gasteiger partial charge >= 0.3 is 0 Å². The van der Waals surface area contributed by atoms with Gasteiger partial charge in [-0.3, -0.25) is 4.79 Å². The molecule has 0 radical (unpaired) electrons. The summed E-state index contributed by atoms with van der Waals surface area (Å²) in [6.07, 6.45) is 6.81. The van der Waals surface area contributed by atoms with E-state index in [1.54, 1.807) is 35.4 Å². The van der Waals surface area contributed by atoms with Crippen LogP contribution in [-0.4, -0.2) is 33.7 Å². The van der Waals surface area contributed by atoms with Crippen LogP contribution in [0.25, 0.3) is 0 Å². The monoisotopic (exact) mass is 415 g/mol. The number of amides is 1. The van der Waals surface area contributed by atoms with E-state index in [2.05, 4.69) is 10.1 Å². The van der Waals surface area contributed by atoms with Gasteiger partial charge in [0.05, 0.1) is 6.04 Å². The molecule has 0 unspecified atom stereocenters. The van der Waals surface area contributed by atoms with E-state index in [9.17, 15) is 4.79 Å². The highest BCUT2D eigenvalue weighted by atomic mass is 32.2. The number of carbonyl (C=O) groups excluding carboxylic acids is 1. The second kappa shape index (κ2) is 8.79. The zero-order valence-corrected chi connectivity index (χ0v) is 17.2. The van der Waals surface area contributed by atoms with Gasteiger partial charge in [-0.2, -0.15) is 0 Å². The van der Waals surface area contributed by atoms with Gasteiger partial charge in [0.15, 0.2) is 11.5 Å². The molecule has 1 fully saturated rings. The first-order valence-electron chi connectivity index (χ1n) is 9.18. The van der Waals surface area contributed by atoms with Crippen LogP contribution in [0.15, 0.2) is 51.3 Å². The Balaban J connectivity index is 1.45. The van der Waals surface area contributed by atoms with Gasteiger partial charge in [0.25, 0.3) is 5.91 Å². The van der Waals surface area contributed by atoms with Crippen molar-refractivity contribution in [1.82, 2.24) is 15.0 Å². The van der Waals surface area contributed by atoms with Gasteiger partial charge in [-0.25, -0.2) is 4.98 Å². The van der Waals surface area contributed by atoms with Crippen molar-refractivity contribution in [2.24, 2.45) is 0 Å². The molecule has 146 valence electrons. The number of aromatic nitrogens is 2. The highest BCUT2D eigenvalue weighted by Crippen LogP contribution is 2.33. The van der Waals surface area contributed by atoms with Crippen LogP contribution in [0.1, 0.15) is 46.6 Å². The van der Waals surface area contributed by atoms with Crippen molar-refractivity contribution in [2.75, 3.05) is 12.8 Å². The number of carbonyl (C=O) groups is 1. The van der Waals surface area contributed by atoms with E-state index < -0.39 is 0 Å². The number of likely N-dealkylation sites (tertiary alicyclic amines) is 1. The summed E-state index contributed by atoms with van der Waals surface area (Å²) in [5.74, 6) is 1.21. The minimum Gasteiger partial charge on any atom is -0.484 e. The maximum Gasteiger partial charge on any atom is 0.276 e. The van der Waals surface area contributed by atoms with Gasteiger partial charge in [0.2, 0.25) is 0 Å². The number of ether oxygens (including phenoxy) is 1.